The molecular weight excluding hydrogens is 208 g/mol. The maximum absolute atomic E-state index is 11.7. The second kappa shape index (κ2) is 4.51. The first-order chi connectivity index (χ1) is 7.33. The fraction of sp³-hybridized carbons (Fsp3) is 0.500. The highest BCUT2D eigenvalue weighted by Gasteiger charge is 2.21. The molecule has 0 saturated carbocycles. The van der Waals surface area contributed by atoms with E-state index in [2.05, 4.69) is 4.74 Å². The molecule has 0 amide bonds. The Morgan fingerprint density at radius 1 is 1.25 bits per heavy atom. The van der Waals surface area contributed by atoms with E-state index in [1.807, 2.05) is 20.8 Å². The van der Waals surface area contributed by atoms with Crippen molar-refractivity contribution in [2.75, 3.05) is 7.11 Å². The highest BCUT2D eigenvalue weighted by Crippen LogP contribution is 2.22. The summed E-state index contributed by atoms with van der Waals surface area (Å²) in [5.41, 5.74) is -0.102. The van der Waals surface area contributed by atoms with Gasteiger partial charge in [0.2, 0.25) is 5.76 Å². The molecule has 0 radical (unpaired) electrons. The predicted molar refractivity (Wildman–Crippen MR) is 58.5 cm³/mol. The molecule has 0 fully saturated rings. The van der Waals surface area contributed by atoms with Gasteiger partial charge < -0.3 is 9.15 Å². The molecule has 88 valence electrons. The third-order valence-electron chi connectivity index (χ3n) is 1.96. The molecule has 0 N–H and O–H groups in total. The van der Waals surface area contributed by atoms with Gasteiger partial charge in [-0.15, -0.1) is 0 Å². The van der Waals surface area contributed by atoms with E-state index < -0.39 is 5.97 Å². The van der Waals surface area contributed by atoms with E-state index in [0.29, 0.717) is 6.42 Å². The molecule has 0 aliphatic heterocycles. The van der Waals surface area contributed by atoms with Crippen LogP contribution in [0.25, 0.3) is 0 Å². The normalized spacial score (nSPS) is 11.2. The molecule has 0 spiro atoms. The molecule has 0 bridgehead atoms. The van der Waals surface area contributed by atoms with Crippen LogP contribution in [0, 0.1) is 5.41 Å². The number of furan rings is 1. The molecule has 0 aromatic carbocycles. The first-order valence-corrected chi connectivity index (χ1v) is 5.05. The Bertz CT molecular complexity index is 395. The summed E-state index contributed by atoms with van der Waals surface area (Å²) < 4.78 is 9.61. The lowest BCUT2D eigenvalue weighted by atomic mass is 9.89. The molecule has 0 saturated heterocycles. The average molecular weight is 224 g/mol. The zero-order chi connectivity index (χ0) is 12.3. The molecule has 4 nitrogen and oxygen atoms in total. The maximum Gasteiger partial charge on any atom is 0.373 e. The van der Waals surface area contributed by atoms with Crippen molar-refractivity contribution >= 4 is 11.8 Å². The van der Waals surface area contributed by atoms with Gasteiger partial charge in [0.25, 0.3) is 0 Å². The van der Waals surface area contributed by atoms with E-state index in [9.17, 15) is 9.59 Å². The Morgan fingerprint density at radius 2 is 1.81 bits per heavy atom. The lowest BCUT2D eigenvalue weighted by Crippen LogP contribution is -2.12. The van der Waals surface area contributed by atoms with Crippen molar-refractivity contribution in [1.29, 1.82) is 0 Å². The third kappa shape index (κ3) is 3.22. The van der Waals surface area contributed by atoms with Crippen LogP contribution in [0.15, 0.2) is 16.5 Å². The number of ether oxygens (including phenoxy) is 1. The van der Waals surface area contributed by atoms with E-state index in [4.69, 9.17) is 4.42 Å². The van der Waals surface area contributed by atoms with Crippen LogP contribution in [0.2, 0.25) is 0 Å². The molecule has 0 aliphatic carbocycles. The Labute approximate surface area is 94.6 Å². The van der Waals surface area contributed by atoms with Gasteiger partial charge in [0.1, 0.15) is 0 Å². The van der Waals surface area contributed by atoms with Crippen molar-refractivity contribution < 1.29 is 18.7 Å². The predicted octanol–water partition coefficient (Wildman–Crippen LogP) is 2.69. The van der Waals surface area contributed by atoms with E-state index >= 15 is 0 Å². The van der Waals surface area contributed by atoms with Gasteiger partial charge in [-0.25, -0.2) is 4.79 Å². The number of esters is 1. The van der Waals surface area contributed by atoms with Gasteiger partial charge in [0, 0.05) is 6.42 Å². The Kier molecular flexibility index (Phi) is 3.52. The van der Waals surface area contributed by atoms with Crippen LogP contribution in [0.4, 0.5) is 0 Å². The fourth-order valence-corrected chi connectivity index (χ4v) is 1.27. The first kappa shape index (κ1) is 12.5. The molecule has 1 aromatic rings. The van der Waals surface area contributed by atoms with Gasteiger partial charge >= 0.3 is 5.97 Å². The van der Waals surface area contributed by atoms with E-state index in [0.717, 1.165) is 0 Å². The second-order valence-electron chi connectivity index (χ2n) is 4.82. The fourth-order valence-electron chi connectivity index (χ4n) is 1.27. The Hall–Kier alpha value is -1.58. The molecule has 4 heteroatoms. The maximum atomic E-state index is 11.7. The van der Waals surface area contributed by atoms with Crippen LogP contribution in [0.1, 0.15) is 48.3 Å². The Balaban J connectivity index is 2.78. The lowest BCUT2D eigenvalue weighted by Gasteiger charge is -2.15. The topological polar surface area (TPSA) is 56.5 Å². The number of ketones is 1. The summed E-state index contributed by atoms with van der Waals surface area (Å²) in [5, 5.41) is 0. The van der Waals surface area contributed by atoms with Gasteiger partial charge in [0.05, 0.1) is 7.11 Å². The minimum atomic E-state index is -0.574. The van der Waals surface area contributed by atoms with Crippen molar-refractivity contribution in [2.45, 2.75) is 27.2 Å². The summed E-state index contributed by atoms with van der Waals surface area (Å²) in [5.74, 6) is -0.424. The number of hydrogen-bond acceptors (Lipinski definition) is 4. The SMILES string of the molecule is COC(=O)c1ccc(C(=O)CC(C)(C)C)o1. The number of carbonyl (C=O) groups is 2. The summed E-state index contributed by atoms with van der Waals surface area (Å²) in [4.78, 5) is 22.8. The molecule has 0 atom stereocenters. The highest BCUT2D eigenvalue weighted by atomic mass is 16.5. The van der Waals surface area contributed by atoms with E-state index in [-0.39, 0.29) is 22.7 Å². The van der Waals surface area contributed by atoms with Crippen LogP contribution >= 0.6 is 0 Å². The van der Waals surface area contributed by atoms with Crippen LogP contribution in [0.3, 0.4) is 0 Å². The second-order valence-corrected chi connectivity index (χ2v) is 4.82. The quantitative estimate of drug-likeness (QED) is 0.585. The zero-order valence-corrected chi connectivity index (χ0v) is 9.99. The van der Waals surface area contributed by atoms with Crippen molar-refractivity contribution in [1.82, 2.24) is 0 Å². The van der Waals surface area contributed by atoms with Crippen LogP contribution in [-0.2, 0) is 4.74 Å². The van der Waals surface area contributed by atoms with Crippen molar-refractivity contribution in [2.24, 2.45) is 5.41 Å². The molecule has 0 aliphatic rings. The van der Waals surface area contributed by atoms with Gasteiger partial charge in [0.15, 0.2) is 11.5 Å². The summed E-state index contributed by atoms with van der Waals surface area (Å²) in [6.07, 6.45) is 0.376. The number of Topliss-reactive ketones (excluding diaryl/α,β-unsaturated/α-hetero) is 1. The molecule has 1 heterocycles. The third-order valence-corrected chi connectivity index (χ3v) is 1.96. The summed E-state index contributed by atoms with van der Waals surface area (Å²) in [6.45, 7) is 5.90. The first-order valence-electron chi connectivity index (χ1n) is 5.05. The summed E-state index contributed by atoms with van der Waals surface area (Å²) in [6, 6.07) is 2.95. The number of methoxy groups -OCH3 is 1. The number of rotatable bonds is 3. The highest BCUT2D eigenvalue weighted by molar-refractivity contribution is 5.95. The number of carbonyl (C=O) groups excluding carboxylic acids is 2. The van der Waals surface area contributed by atoms with Gasteiger partial charge in [-0.1, -0.05) is 20.8 Å². The minimum Gasteiger partial charge on any atom is -0.463 e. The van der Waals surface area contributed by atoms with Gasteiger partial charge in [-0.2, -0.15) is 0 Å². The average Bonchev–Trinajstić information content (AvgIpc) is 2.62. The Morgan fingerprint density at radius 3 is 2.31 bits per heavy atom. The van der Waals surface area contributed by atoms with E-state index in [1.54, 1.807) is 0 Å². The van der Waals surface area contributed by atoms with Crippen LogP contribution in [0.5, 0.6) is 0 Å². The van der Waals surface area contributed by atoms with Crippen molar-refractivity contribution in [3.8, 4) is 0 Å². The zero-order valence-electron chi connectivity index (χ0n) is 9.99. The lowest BCUT2D eigenvalue weighted by molar-refractivity contribution is 0.0562. The summed E-state index contributed by atoms with van der Waals surface area (Å²) >= 11 is 0. The standard InChI is InChI=1S/C12H16O4/c1-12(2,3)7-8(13)9-5-6-10(16-9)11(14)15-4/h5-6H,7H2,1-4H3. The summed E-state index contributed by atoms with van der Waals surface area (Å²) in [7, 11) is 1.27. The van der Waals surface area contributed by atoms with Crippen molar-refractivity contribution in [3.63, 3.8) is 0 Å². The largest absolute Gasteiger partial charge is 0.463 e. The van der Waals surface area contributed by atoms with E-state index in [1.165, 1.54) is 19.2 Å². The van der Waals surface area contributed by atoms with Crippen molar-refractivity contribution in [3.05, 3.63) is 23.7 Å². The molecular formula is C12H16O4. The monoisotopic (exact) mass is 224 g/mol. The van der Waals surface area contributed by atoms with Gasteiger partial charge in [-0.05, 0) is 17.5 Å². The smallest absolute Gasteiger partial charge is 0.373 e. The molecule has 16 heavy (non-hydrogen) atoms. The minimum absolute atomic E-state index is 0.0553. The molecule has 1 aromatic heterocycles. The van der Waals surface area contributed by atoms with Crippen LogP contribution in [-0.4, -0.2) is 18.9 Å². The molecule has 0 unspecified atom stereocenters. The number of hydrogen-bond donors (Lipinski definition) is 0. The molecule has 1 rings (SSSR count). The van der Waals surface area contributed by atoms with Crippen LogP contribution < -0.4 is 0 Å². The van der Waals surface area contributed by atoms with Gasteiger partial charge in [-0.3, -0.25) is 4.79 Å².